The van der Waals surface area contributed by atoms with Gasteiger partial charge in [-0.3, -0.25) is 0 Å². The number of hydrogen-bond donors (Lipinski definition) is 1. The number of ether oxygens (including phenoxy) is 1. The topological polar surface area (TPSA) is 47.3 Å². The number of aliphatic hydroxyl groups is 1. The van der Waals surface area contributed by atoms with Crippen LogP contribution in [0, 0.1) is 0 Å². The molecule has 4 heteroatoms. The molecule has 0 saturated carbocycles. The minimum absolute atomic E-state index is 0.277. The van der Waals surface area contributed by atoms with Crippen LogP contribution < -0.4 is 4.74 Å². The van der Waals surface area contributed by atoms with Crippen LogP contribution in [0.4, 0.5) is 0 Å². The minimum atomic E-state index is -0.543. The third-order valence-corrected chi connectivity index (χ3v) is 2.97. The molecule has 0 aliphatic carbocycles. The Labute approximate surface area is 113 Å². The fourth-order valence-corrected chi connectivity index (χ4v) is 1.83. The van der Waals surface area contributed by atoms with Crippen molar-refractivity contribution >= 4 is 0 Å². The van der Waals surface area contributed by atoms with Crippen LogP contribution in [0.15, 0.2) is 43.0 Å². The van der Waals surface area contributed by atoms with Gasteiger partial charge in [-0.15, -0.1) is 0 Å². The Morgan fingerprint density at radius 3 is 2.58 bits per heavy atom. The number of nitrogens with zero attached hydrogens (tertiary/aromatic N) is 2. The quantitative estimate of drug-likeness (QED) is 0.867. The maximum atomic E-state index is 9.85. The minimum Gasteiger partial charge on any atom is -0.491 e. The molecular formula is C15H20N2O2. The van der Waals surface area contributed by atoms with Gasteiger partial charge in [0.25, 0.3) is 0 Å². The van der Waals surface area contributed by atoms with Gasteiger partial charge in [0.1, 0.15) is 18.5 Å². The average Bonchev–Trinajstić information content (AvgIpc) is 2.89. The molecule has 2 rings (SSSR count). The Morgan fingerprint density at radius 1 is 1.26 bits per heavy atom. The molecule has 4 nitrogen and oxygen atoms in total. The van der Waals surface area contributed by atoms with Crippen LogP contribution in [0.5, 0.6) is 5.75 Å². The van der Waals surface area contributed by atoms with Gasteiger partial charge >= 0.3 is 0 Å². The van der Waals surface area contributed by atoms with Crippen molar-refractivity contribution in [2.75, 3.05) is 6.61 Å². The highest BCUT2D eigenvalue weighted by molar-refractivity contribution is 5.28. The third kappa shape index (κ3) is 4.10. The molecule has 1 atom stereocenters. The van der Waals surface area contributed by atoms with Gasteiger partial charge in [0.15, 0.2) is 0 Å². The molecule has 19 heavy (non-hydrogen) atoms. The van der Waals surface area contributed by atoms with Crippen molar-refractivity contribution in [3.05, 3.63) is 48.5 Å². The molecule has 0 saturated heterocycles. The molecular weight excluding hydrogens is 240 g/mol. The second kappa shape index (κ2) is 6.38. The number of benzene rings is 1. The Bertz CT molecular complexity index is 477. The van der Waals surface area contributed by atoms with Gasteiger partial charge in [-0.1, -0.05) is 26.0 Å². The van der Waals surface area contributed by atoms with Crippen LogP contribution in [0.2, 0.25) is 0 Å². The lowest BCUT2D eigenvalue weighted by atomic mass is 10.0. The normalized spacial score (nSPS) is 12.6. The summed E-state index contributed by atoms with van der Waals surface area (Å²) in [7, 11) is 0. The molecule has 0 aliphatic rings. The Morgan fingerprint density at radius 2 is 2.00 bits per heavy atom. The summed E-state index contributed by atoms with van der Waals surface area (Å²) in [4.78, 5) is 3.93. The Balaban J connectivity index is 1.81. The highest BCUT2D eigenvalue weighted by Crippen LogP contribution is 2.18. The summed E-state index contributed by atoms with van der Waals surface area (Å²) in [5.74, 6) is 1.30. The fourth-order valence-electron chi connectivity index (χ4n) is 1.83. The molecule has 2 aromatic rings. The molecule has 0 spiro atoms. The lowest BCUT2D eigenvalue weighted by Gasteiger charge is -2.13. The van der Waals surface area contributed by atoms with Gasteiger partial charge in [0.2, 0.25) is 0 Å². The van der Waals surface area contributed by atoms with E-state index in [0.717, 1.165) is 5.75 Å². The number of hydrogen-bond acceptors (Lipinski definition) is 3. The van der Waals surface area contributed by atoms with Crippen molar-refractivity contribution < 1.29 is 9.84 Å². The predicted octanol–water partition coefficient (Wildman–Crippen LogP) is 2.45. The standard InChI is InChI=1S/C15H20N2O2/c1-12(2)13-3-5-15(6-4-13)19-10-14(18)9-17-8-7-16-11-17/h3-8,11-12,14,18H,9-10H2,1-2H3/t14-/m1/s1. The summed E-state index contributed by atoms with van der Waals surface area (Å²) >= 11 is 0. The maximum absolute atomic E-state index is 9.85. The smallest absolute Gasteiger partial charge is 0.119 e. The van der Waals surface area contributed by atoms with Crippen LogP contribution >= 0.6 is 0 Å². The Hall–Kier alpha value is -1.81. The second-order valence-electron chi connectivity index (χ2n) is 4.95. The zero-order chi connectivity index (χ0) is 13.7. The lowest BCUT2D eigenvalue weighted by molar-refractivity contribution is 0.0924. The predicted molar refractivity (Wildman–Crippen MR) is 74.3 cm³/mol. The van der Waals surface area contributed by atoms with Gasteiger partial charge in [-0.2, -0.15) is 0 Å². The molecule has 0 aliphatic heterocycles. The molecule has 1 heterocycles. The van der Waals surface area contributed by atoms with Gasteiger partial charge in [-0.05, 0) is 23.6 Å². The molecule has 102 valence electrons. The van der Waals surface area contributed by atoms with E-state index in [9.17, 15) is 5.11 Å². The van der Waals surface area contributed by atoms with Crippen molar-refractivity contribution in [2.24, 2.45) is 0 Å². The molecule has 0 bridgehead atoms. The van der Waals surface area contributed by atoms with Crippen LogP contribution in [0.3, 0.4) is 0 Å². The van der Waals surface area contributed by atoms with Crippen LogP contribution in [-0.2, 0) is 6.54 Å². The maximum Gasteiger partial charge on any atom is 0.119 e. The van der Waals surface area contributed by atoms with E-state index in [2.05, 4.69) is 31.0 Å². The molecule has 0 fully saturated rings. The summed E-state index contributed by atoms with van der Waals surface area (Å²) in [5, 5.41) is 9.85. The molecule has 0 radical (unpaired) electrons. The highest BCUT2D eigenvalue weighted by Gasteiger charge is 2.06. The molecule has 1 N–H and O–H groups in total. The number of aromatic nitrogens is 2. The van der Waals surface area contributed by atoms with Crippen molar-refractivity contribution in [3.63, 3.8) is 0 Å². The number of aliphatic hydroxyl groups excluding tert-OH is 1. The van der Waals surface area contributed by atoms with Crippen LogP contribution in [0.25, 0.3) is 0 Å². The first-order chi connectivity index (χ1) is 9.15. The lowest BCUT2D eigenvalue weighted by Crippen LogP contribution is -2.22. The van der Waals surface area contributed by atoms with E-state index < -0.39 is 6.10 Å². The summed E-state index contributed by atoms with van der Waals surface area (Å²) in [5.41, 5.74) is 1.28. The number of rotatable bonds is 6. The fraction of sp³-hybridized carbons (Fsp3) is 0.400. The number of imidazole rings is 1. The first-order valence-corrected chi connectivity index (χ1v) is 6.51. The summed E-state index contributed by atoms with van der Waals surface area (Å²) in [6, 6.07) is 8.00. The van der Waals surface area contributed by atoms with E-state index in [0.29, 0.717) is 12.5 Å². The zero-order valence-corrected chi connectivity index (χ0v) is 11.4. The van der Waals surface area contributed by atoms with Gasteiger partial charge in [0, 0.05) is 12.4 Å². The highest BCUT2D eigenvalue weighted by atomic mass is 16.5. The summed E-state index contributed by atoms with van der Waals surface area (Å²) in [6.07, 6.45) is 4.65. The van der Waals surface area contributed by atoms with Gasteiger partial charge in [-0.25, -0.2) is 4.98 Å². The second-order valence-corrected chi connectivity index (χ2v) is 4.95. The molecule has 1 aromatic heterocycles. The first-order valence-electron chi connectivity index (χ1n) is 6.51. The van der Waals surface area contributed by atoms with Crippen molar-refractivity contribution in [3.8, 4) is 5.75 Å². The van der Waals surface area contributed by atoms with E-state index in [1.807, 2.05) is 22.9 Å². The van der Waals surface area contributed by atoms with Crippen molar-refractivity contribution in [1.82, 2.24) is 9.55 Å². The van der Waals surface area contributed by atoms with E-state index in [1.165, 1.54) is 5.56 Å². The third-order valence-electron chi connectivity index (χ3n) is 2.97. The molecule has 0 unspecified atom stereocenters. The summed E-state index contributed by atoms with van der Waals surface area (Å²) < 4.78 is 7.40. The molecule has 0 amide bonds. The largest absolute Gasteiger partial charge is 0.491 e. The Kier molecular flexibility index (Phi) is 4.58. The van der Waals surface area contributed by atoms with Gasteiger partial charge in [0.05, 0.1) is 12.9 Å². The van der Waals surface area contributed by atoms with E-state index in [1.54, 1.807) is 12.5 Å². The van der Waals surface area contributed by atoms with Crippen LogP contribution in [-0.4, -0.2) is 27.4 Å². The van der Waals surface area contributed by atoms with Crippen molar-refractivity contribution in [2.45, 2.75) is 32.4 Å². The van der Waals surface area contributed by atoms with E-state index >= 15 is 0 Å². The van der Waals surface area contributed by atoms with E-state index in [-0.39, 0.29) is 6.61 Å². The SMILES string of the molecule is CC(C)c1ccc(OC[C@H](O)Cn2ccnc2)cc1. The average molecular weight is 260 g/mol. The van der Waals surface area contributed by atoms with Crippen LogP contribution in [0.1, 0.15) is 25.3 Å². The van der Waals surface area contributed by atoms with Crippen molar-refractivity contribution in [1.29, 1.82) is 0 Å². The molecule has 1 aromatic carbocycles. The first kappa shape index (κ1) is 13.6. The van der Waals surface area contributed by atoms with E-state index in [4.69, 9.17) is 4.74 Å². The zero-order valence-electron chi connectivity index (χ0n) is 11.4. The van der Waals surface area contributed by atoms with Gasteiger partial charge < -0.3 is 14.4 Å². The summed E-state index contributed by atoms with van der Waals surface area (Å²) in [6.45, 7) is 5.08. The monoisotopic (exact) mass is 260 g/mol.